The number of rotatable bonds is 14. The fourth-order valence-corrected chi connectivity index (χ4v) is 6.44. The maximum absolute atomic E-state index is 14.0. The average molecular weight is 676 g/mol. The number of ether oxygens (including phenoxy) is 5. The van der Waals surface area contributed by atoms with Crippen molar-refractivity contribution in [3.8, 4) is 11.5 Å². The zero-order valence-electron chi connectivity index (χ0n) is 28.9. The molecule has 49 heavy (non-hydrogen) atoms. The van der Waals surface area contributed by atoms with Crippen LogP contribution >= 0.6 is 0 Å². The van der Waals surface area contributed by atoms with Gasteiger partial charge in [0.2, 0.25) is 5.91 Å². The Balaban J connectivity index is 1.32. The normalized spacial score (nSPS) is 19.5. The van der Waals surface area contributed by atoms with Gasteiger partial charge in [-0.1, -0.05) is 62.4 Å². The summed E-state index contributed by atoms with van der Waals surface area (Å²) >= 11 is 0. The van der Waals surface area contributed by atoms with E-state index in [9.17, 15) is 14.7 Å². The summed E-state index contributed by atoms with van der Waals surface area (Å²) in [7, 11) is 3.32. The lowest BCUT2D eigenvalue weighted by molar-refractivity contribution is -0.145. The summed E-state index contributed by atoms with van der Waals surface area (Å²) in [5.41, 5.74) is 3.70. The predicted octanol–water partition coefficient (Wildman–Crippen LogP) is 4.75. The van der Waals surface area contributed by atoms with Gasteiger partial charge in [0.25, 0.3) is 0 Å². The topological polar surface area (TPSA) is 119 Å². The van der Waals surface area contributed by atoms with Crippen LogP contribution in [0.4, 0.5) is 10.5 Å². The van der Waals surface area contributed by atoms with Gasteiger partial charge in [-0.15, -0.1) is 0 Å². The molecule has 2 aliphatic heterocycles. The second kappa shape index (κ2) is 17.4. The van der Waals surface area contributed by atoms with Crippen molar-refractivity contribution in [3.63, 3.8) is 0 Å². The largest absolute Gasteiger partial charge is 0.497 e. The zero-order chi connectivity index (χ0) is 34.8. The Labute approximate surface area is 289 Å². The van der Waals surface area contributed by atoms with Crippen LogP contribution in [0.15, 0.2) is 72.8 Å². The van der Waals surface area contributed by atoms with Gasteiger partial charge in [0.15, 0.2) is 0 Å². The highest BCUT2D eigenvalue weighted by atomic mass is 16.5. The summed E-state index contributed by atoms with van der Waals surface area (Å²) in [5, 5.41) is 14.4. The highest BCUT2D eigenvalue weighted by molar-refractivity contribution is 5.86. The number of nitrogens with zero attached hydrogens (tertiary/aromatic N) is 2. The van der Waals surface area contributed by atoms with E-state index in [1.807, 2.05) is 80.6 Å². The fourth-order valence-electron chi connectivity index (χ4n) is 6.44. The Kier molecular flexibility index (Phi) is 12.8. The lowest BCUT2D eigenvalue weighted by atomic mass is 9.84. The molecule has 3 aromatic rings. The number of hydrogen-bond acceptors (Lipinski definition) is 9. The van der Waals surface area contributed by atoms with Gasteiger partial charge in [-0.2, -0.15) is 0 Å². The molecule has 2 heterocycles. The molecule has 2 amide bonds. The first-order valence-electron chi connectivity index (χ1n) is 17.0. The van der Waals surface area contributed by atoms with Crippen LogP contribution in [-0.2, 0) is 32.2 Å². The Hall–Kier alpha value is -4.32. The number of carbonyl (C=O) groups excluding carboxylic acids is 2. The van der Waals surface area contributed by atoms with Crippen molar-refractivity contribution in [1.82, 2.24) is 10.2 Å². The number of likely N-dealkylation sites (tertiary alicyclic amines) is 1. The van der Waals surface area contributed by atoms with Crippen molar-refractivity contribution in [2.75, 3.05) is 58.5 Å². The van der Waals surface area contributed by atoms with E-state index >= 15 is 0 Å². The average Bonchev–Trinajstić information content (AvgIpc) is 3.12. The molecule has 0 radical (unpaired) electrons. The van der Waals surface area contributed by atoms with Crippen LogP contribution in [0.2, 0.25) is 0 Å². The number of β-amino-alcohol motifs (C(OH)–C–C–N with tert-alkyl or cyclic N) is 1. The van der Waals surface area contributed by atoms with Crippen molar-refractivity contribution >= 4 is 17.7 Å². The number of alkyl carbamates (subject to hydrolysis) is 1. The molecule has 5 rings (SSSR count). The first kappa shape index (κ1) is 36.0. The number of methoxy groups -OCH3 is 2. The van der Waals surface area contributed by atoms with Crippen molar-refractivity contribution in [3.05, 3.63) is 89.5 Å². The Morgan fingerprint density at radius 1 is 0.980 bits per heavy atom. The summed E-state index contributed by atoms with van der Waals surface area (Å²) in [6, 6.07) is 22.1. The summed E-state index contributed by atoms with van der Waals surface area (Å²) < 4.78 is 28.6. The molecule has 0 aliphatic carbocycles. The van der Waals surface area contributed by atoms with E-state index in [0.717, 1.165) is 47.6 Å². The van der Waals surface area contributed by atoms with Crippen LogP contribution in [0.1, 0.15) is 42.9 Å². The second-order valence-corrected chi connectivity index (χ2v) is 12.9. The first-order valence-corrected chi connectivity index (χ1v) is 17.0. The number of aliphatic hydroxyl groups excluding tert-OH is 1. The quantitative estimate of drug-likeness (QED) is 0.233. The summed E-state index contributed by atoms with van der Waals surface area (Å²) in [6.45, 7) is 7.36. The molecule has 3 aromatic carbocycles. The molecule has 1 fully saturated rings. The van der Waals surface area contributed by atoms with E-state index in [2.05, 4.69) is 16.3 Å². The first-order chi connectivity index (χ1) is 23.8. The molecule has 264 valence electrons. The molecule has 0 spiro atoms. The van der Waals surface area contributed by atoms with E-state index in [-0.39, 0.29) is 38.1 Å². The second-order valence-electron chi connectivity index (χ2n) is 12.9. The van der Waals surface area contributed by atoms with E-state index in [0.29, 0.717) is 19.0 Å². The standard InChI is InChI=1S/C38H49N3O8/c1-26(2)36(39-38(44)49-24-27-9-6-5-7-10-27)37(43)41-22-32(42)35(29-12-14-30(46-4)15-13-29)34(23-41)48-25-28-11-16-33-31(21-28)40(18-20-47-33)17-8-19-45-3/h5-7,9-16,21,26,32,34-36,42H,8,17-20,22-25H2,1-4H3,(H,39,44)/t32-,34+,35+,36+/m1/s1. The van der Waals surface area contributed by atoms with Gasteiger partial charge in [-0.3, -0.25) is 4.79 Å². The monoisotopic (exact) mass is 675 g/mol. The SMILES string of the molecule is COCCCN1CCOc2ccc(CO[C@H]3CN(C(=O)[C@@H](NC(=O)OCc4ccccc4)C(C)C)C[C@@H](O)[C@@H]3c3ccc(OC)cc3)cc21. The lowest BCUT2D eigenvalue weighted by Crippen LogP contribution is -2.59. The zero-order valence-corrected chi connectivity index (χ0v) is 28.9. The van der Waals surface area contributed by atoms with Crippen LogP contribution in [-0.4, -0.2) is 93.9 Å². The number of aliphatic hydroxyl groups is 1. The van der Waals surface area contributed by atoms with Gasteiger partial charge in [-0.05, 0) is 53.3 Å². The number of nitrogens with one attached hydrogen (secondary N) is 1. The van der Waals surface area contributed by atoms with Crippen molar-refractivity contribution in [1.29, 1.82) is 0 Å². The van der Waals surface area contributed by atoms with Crippen molar-refractivity contribution < 1.29 is 38.4 Å². The van der Waals surface area contributed by atoms with E-state index in [4.69, 9.17) is 23.7 Å². The number of hydrogen-bond donors (Lipinski definition) is 2. The fraction of sp³-hybridized carbons (Fsp3) is 0.474. The molecule has 0 saturated carbocycles. The lowest BCUT2D eigenvalue weighted by Gasteiger charge is -2.43. The molecule has 0 unspecified atom stereocenters. The molecule has 1 saturated heterocycles. The highest BCUT2D eigenvalue weighted by Crippen LogP contribution is 2.35. The minimum Gasteiger partial charge on any atom is -0.497 e. The van der Waals surface area contributed by atoms with Crippen LogP contribution in [0.3, 0.4) is 0 Å². The molecule has 11 heteroatoms. The van der Waals surface area contributed by atoms with Gasteiger partial charge < -0.3 is 43.9 Å². The Morgan fingerprint density at radius 3 is 2.47 bits per heavy atom. The number of piperidine rings is 1. The third-order valence-electron chi connectivity index (χ3n) is 9.08. The number of benzene rings is 3. The van der Waals surface area contributed by atoms with E-state index in [1.54, 1.807) is 19.1 Å². The summed E-state index contributed by atoms with van der Waals surface area (Å²) in [4.78, 5) is 30.7. The van der Waals surface area contributed by atoms with Gasteiger partial charge in [0.05, 0.1) is 38.2 Å². The van der Waals surface area contributed by atoms with Gasteiger partial charge in [0.1, 0.15) is 30.8 Å². The van der Waals surface area contributed by atoms with Crippen molar-refractivity contribution in [2.45, 2.75) is 57.6 Å². The molecular weight excluding hydrogens is 626 g/mol. The van der Waals surface area contributed by atoms with Crippen molar-refractivity contribution in [2.24, 2.45) is 5.92 Å². The van der Waals surface area contributed by atoms with Crippen LogP contribution < -0.4 is 19.7 Å². The molecule has 0 aromatic heterocycles. The van der Waals surface area contributed by atoms with E-state index in [1.165, 1.54) is 0 Å². The van der Waals surface area contributed by atoms with E-state index < -0.39 is 30.3 Å². The van der Waals surface area contributed by atoms with Gasteiger partial charge >= 0.3 is 6.09 Å². The van der Waals surface area contributed by atoms with Gasteiger partial charge in [0, 0.05) is 39.3 Å². The molecule has 2 N–H and O–H groups in total. The maximum Gasteiger partial charge on any atom is 0.408 e. The third kappa shape index (κ3) is 9.44. The summed E-state index contributed by atoms with van der Waals surface area (Å²) in [5.74, 6) is 0.618. The summed E-state index contributed by atoms with van der Waals surface area (Å²) in [6.07, 6.45) is -1.22. The molecule has 0 bridgehead atoms. The Morgan fingerprint density at radius 2 is 1.76 bits per heavy atom. The predicted molar refractivity (Wildman–Crippen MR) is 186 cm³/mol. The number of carbonyl (C=O) groups is 2. The minimum absolute atomic E-state index is 0.0893. The third-order valence-corrected chi connectivity index (χ3v) is 9.08. The number of amides is 2. The van der Waals surface area contributed by atoms with Crippen LogP contribution in [0.25, 0.3) is 0 Å². The number of fused-ring (bicyclic) bond motifs is 1. The minimum atomic E-state index is -0.915. The maximum atomic E-state index is 14.0. The van der Waals surface area contributed by atoms with Crippen LogP contribution in [0.5, 0.6) is 11.5 Å². The molecule has 2 aliphatic rings. The molecule has 11 nitrogen and oxygen atoms in total. The van der Waals surface area contributed by atoms with Crippen LogP contribution in [0, 0.1) is 5.92 Å². The highest BCUT2D eigenvalue weighted by Gasteiger charge is 2.42. The molecular formula is C38H49N3O8. The van der Waals surface area contributed by atoms with Gasteiger partial charge in [-0.25, -0.2) is 4.79 Å². The smallest absolute Gasteiger partial charge is 0.408 e. The molecule has 4 atom stereocenters. The Bertz CT molecular complexity index is 1500. The number of anilines is 1.